The molecule has 0 saturated heterocycles. The zero-order valence-electron chi connectivity index (χ0n) is 17.0. The van der Waals surface area contributed by atoms with Crippen LogP contribution in [0.3, 0.4) is 0 Å². The van der Waals surface area contributed by atoms with Gasteiger partial charge in [0.15, 0.2) is 0 Å². The van der Waals surface area contributed by atoms with Gasteiger partial charge in [-0.2, -0.15) is 0 Å². The highest BCUT2D eigenvalue weighted by atomic mass is 32.2. The Morgan fingerprint density at radius 3 is 2.30 bits per heavy atom. The second kappa shape index (κ2) is 9.11. The van der Waals surface area contributed by atoms with Crippen molar-refractivity contribution < 1.29 is 22.7 Å². The summed E-state index contributed by atoms with van der Waals surface area (Å²) in [6.07, 6.45) is 0. The monoisotopic (exact) mass is 425 g/mol. The number of esters is 1. The first-order valence-corrected chi connectivity index (χ1v) is 10.7. The molecule has 0 heterocycles. The Kier molecular flexibility index (Phi) is 6.54. The van der Waals surface area contributed by atoms with Crippen molar-refractivity contribution in [2.24, 2.45) is 0 Å². The molecule has 0 aromatic heterocycles. The van der Waals surface area contributed by atoms with Gasteiger partial charge in [0.1, 0.15) is 18.1 Å². The van der Waals surface area contributed by atoms with Crippen molar-refractivity contribution >= 4 is 16.0 Å². The lowest BCUT2D eigenvalue weighted by Gasteiger charge is -2.14. The Labute approximate surface area is 176 Å². The number of para-hydroxylation sites is 2. The highest BCUT2D eigenvalue weighted by molar-refractivity contribution is 7.89. The molecule has 0 fully saturated rings. The van der Waals surface area contributed by atoms with Crippen LogP contribution in [-0.2, 0) is 21.4 Å². The van der Waals surface area contributed by atoms with E-state index in [2.05, 4.69) is 0 Å². The van der Waals surface area contributed by atoms with Gasteiger partial charge in [0.2, 0.25) is 10.0 Å². The van der Waals surface area contributed by atoms with Gasteiger partial charge in [-0.15, -0.1) is 0 Å². The van der Waals surface area contributed by atoms with Crippen molar-refractivity contribution in [1.29, 1.82) is 0 Å². The number of hydrogen-bond acceptors (Lipinski definition) is 5. The first-order valence-electron chi connectivity index (χ1n) is 9.30. The summed E-state index contributed by atoms with van der Waals surface area (Å²) in [6.45, 7) is 1.72. The van der Waals surface area contributed by atoms with Crippen molar-refractivity contribution in [3.8, 4) is 11.5 Å². The van der Waals surface area contributed by atoms with Crippen LogP contribution in [0.4, 0.5) is 0 Å². The average Bonchev–Trinajstić information content (AvgIpc) is 2.73. The molecule has 0 atom stereocenters. The molecule has 0 unspecified atom stereocenters. The highest BCUT2D eigenvalue weighted by Crippen LogP contribution is 2.26. The van der Waals surface area contributed by atoms with E-state index in [-0.39, 0.29) is 17.1 Å². The number of carbonyl (C=O) groups excluding carboxylic acids is 1. The van der Waals surface area contributed by atoms with Crippen molar-refractivity contribution in [3.63, 3.8) is 0 Å². The van der Waals surface area contributed by atoms with E-state index in [1.807, 2.05) is 48.5 Å². The van der Waals surface area contributed by atoms with Crippen LogP contribution in [0.5, 0.6) is 11.5 Å². The van der Waals surface area contributed by atoms with Crippen molar-refractivity contribution in [3.05, 3.63) is 89.5 Å². The maximum Gasteiger partial charge on any atom is 0.338 e. The van der Waals surface area contributed by atoms with Gasteiger partial charge in [0.05, 0.1) is 10.5 Å². The van der Waals surface area contributed by atoms with Crippen molar-refractivity contribution in [2.75, 3.05) is 14.1 Å². The van der Waals surface area contributed by atoms with Gasteiger partial charge < -0.3 is 9.47 Å². The van der Waals surface area contributed by atoms with Gasteiger partial charge in [-0.05, 0) is 42.8 Å². The molecule has 3 aromatic carbocycles. The topological polar surface area (TPSA) is 72.9 Å². The maximum atomic E-state index is 12.7. The zero-order chi connectivity index (χ0) is 21.7. The lowest BCUT2D eigenvalue weighted by atomic mass is 10.1. The molecule has 0 bridgehead atoms. The smallest absolute Gasteiger partial charge is 0.338 e. The number of aryl methyl sites for hydroxylation is 1. The van der Waals surface area contributed by atoms with E-state index in [9.17, 15) is 13.2 Å². The molecule has 0 saturated carbocycles. The molecule has 0 N–H and O–H groups in total. The Morgan fingerprint density at radius 2 is 1.60 bits per heavy atom. The van der Waals surface area contributed by atoms with E-state index >= 15 is 0 Å². The molecule has 156 valence electrons. The average molecular weight is 426 g/mol. The zero-order valence-corrected chi connectivity index (χ0v) is 17.8. The van der Waals surface area contributed by atoms with Gasteiger partial charge in [-0.3, -0.25) is 0 Å². The van der Waals surface area contributed by atoms with E-state index in [1.165, 1.54) is 26.2 Å². The summed E-state index contributed by atoms with van der Waals surface area (Å²) in [4.78, 5) is 12.7. The van der Waals surface area contributed by atoms with Crippen molar-refractivity contribution in [1.82, 2.24) is 4.31 Å². The Bertz CT molecular complexity index is 1140. The lowest BCUT2D eigenvalue weighted by Crippen LogP contribution is -2.22. The third-order valence-electron chi connectivity index (χ3n) is 4.51. The summed E-state index contributed by atoms with van der Waals surface area (Å²) in [5.74, 6) is 0.656. The molecule has 0 aliphatic carbocycles. The molecule has 0 radical (unpaired) electrons. The van der Waals surface area contributed by atoms with Gasteiger partial charge in [0.25, 0.3) is 0 Å². The summed E-state index contributed by atoms with van der Waals surface area (Å²) in [6, 6.07) is 21.0. The van der Waals surface area contributed by atoms with Gasteiger partial charge in [-0.1, -0.05) is 42.5 Å². The van der Waals surface area contributed by atoms with Gasteiger partial charge >= 0.3 is 5.97 Å². The summed E-state index contributed by atoms with van der Waals surface area (Å²) in [5, 5.41) is 0. The maximum absolute atomic E-state index is 12.7. The first-order chi connectivity index (χ1) is 14.3. The normalized spacial score (nSPS) is 11.3. The summed E-state index contributed by atoms with van der Waals surface area (Å²) >= 11 is 0. The van der Waals surface area contributed by atoms with E-state index < -0.39 is 16.0 Å². The number of hydrogen-bond donors (Lipinski definition) is 0. The second-order valence-electron chi connectivity index (χ2n) is 6.86. The minimum Gasteiger partial charge on any atom is -0.457 e. The van der Waals surface area contributed by atoms with Gasteiger partial charge in [0, 0.05) is 19.7 Å². The molecule has 0 amide bonds. The molecular formula is C23H23NO5S. The Hall–Kier alpha value is -3.16. The second-order valence-corrected chi connectivity index (χ2v) is 9.01. The number of ether oxygens (including phenoxy) is 2. The van der Waals surface area contributed by atoms with Crippen LogP contribution in [0.1, 0.15) is 21.5 Å². The molecule has 0 aliphatic heterocycles. The standard InChI is InChI=1S/C23H23NO5S/c1-17-13-14-20(30(26,27)24(2)3)15-21(17)23(25)28-16-18-9-7-8-12-22(18)29-19-10-5-4-6-11-19/h4-15H,16H2,1-3H3. The van der Waals surface area contributed by atoms with E-state index in [1.54, 1.807) is 19.1 Å². The number of carbonyl (C=O) groups is 1. The third-order valence-corrected chi connectivity index (χ3v) is 6.32. The minimum absolute atomic E-state index is 0.00800. The molecule has 3 rings (SSSR count). The van der Waals surface area contributed by atoms with Crippen LogP contribution < -0.4 is 4.74 Å². The van der Waals surface area contributed by atoms with Crippen LogP contribution in [0.25, 0.3) is 0 Å². The van der Waals surface area contributed by atoms with Crippen LogP contribution in [0.2, 0.25) is 0 Å². The molecule has 0 aliphatic rings. The molecule has 6 nitrogen and oxygen atoms in total. The molecule has 3 aromatic rings. The Morgan fingerprint density at radius 1 is 0.933 bits per heavy atom. The van der Waals surface area contributed by atoms with Crippen LogP contribution >= 0.6 is 0 Å². The first kappa shape index (κ1) is 21.5. The molecule has 0 spiro atoms. The fourth-order valence-corrected chi connectivity index (χ4v) is 3.68. The largest absolute Gasteiger partial charge is 0.457 e. The minimum atomic E-state index is -3.65. The molecule has 7 heteroatoms. The van der Waals surface area contributed by atoms with Crippen LogP contribution in [0, 0.1) is 6.92 Å². The predicted octanol–water partition coefficient (Wildman–Crippen LogP) is 4.39. The number of benzene rings is 3. The summed E-state index contributed by atoms with van der Waals surface area (Å²) < 4.78 is 37.2. The quantitative estimate of drug-likeness (QED) is 0.525. The fraction of sp³-hybridized carbons (Fsp3) is 0.174. The van der Waals surface area contributed by atoms with Gasteiger partial charge in [-0.25, -0.2) is 17.5 Å². The van der Waals surface area contributed by atoms with Crippen LogP contribution in [0.15, 0.2) is 77.7 Å². The third kappa shape index (κ3) is 4.87. The van der Waals surface area contributed by atoms with E-state index in [0.29, 0.717) is 22.6 Å². The number of rotatable bonds is 7. The summed E-state index contributed by atoms with van der Waals surface area (Å²) in [7, 11) is -0.770. The lowest BCUT2D eigenvalue weighted by molar-refractivity contribution is 0.0469. The molecule has 30 heavy (non-hydrogen) atoms. The van der Waals surface area contributed by atoms with E-state index in [0.717, 1.165) is 4.31 Å². The van der Waals surface area contributed by atoms with E-state index in [4.69, 9.17) is 9.47 Å². The predicted molar refractivity (Wildman–Crippen MR) is 114 cm³/mol. The number of sulfonamides is 1. The van der Waals surface area contributed by atoms with Crippen LogP contribution in [-0.4, -0.2) is 32.8 Å². The molecular weight excluding hydrogens is 402 g/mol. The summed E-state index contributed by atoms with van der Waals surface area (Å²) in [5.41, 5.74) is 1.54. The fourth-order valence-electron chi connectivity index (χ4n) is 2.75. The number of nitrogens with zero attached hydrogens (tertiary/aromatic N) is 1. The SMILES string of the molecule is Cc1ccc(S(=O)(=O)N(C)C)cc1C(=O)OCc1ccccc1Oc1ccccc1. The highest BCUT2D eigenvalue weighted by Gasteiger charge is 2.21. The Balaban J connectivity index is 1.79. The van der Waals surface area contributed by atoms with Crippen molar-refractivity contribution in [2.45, 2.75) is 18.4 Å².